The first-order valence-electron chi connectivity index (χ1n) is 10.2. The summed E-state index contributed by atoms with van der Waals surface area (Å²) in [6, 6.07) is 12.1. The minimum Gasteiger partial charge on any atom is -0.385 e. The van der Waals surface area contributed by atoms with Gasteiger partial charge in [-0.05, 0) is 48.8 Å². The van der Waals surface area contributed by atoms with Gasteiger partial charge in [0, 0.05) is 37.6 Å². The Morgan fingerprint density at radius 1 is 1.10 bits per heavy atom. The molecule has 1 aromatic carbocycles. The Balaban J connectivity index is 1.72. The summed E-state index contributed by atoms with van der Waals surface area (Å²) in [7, 11) is 1.66. The Labute approximate surface area is 177 Å². The molecule has 0 saturated heterocycles. The monoisotopic (exact) mass is 414 g/mol. The molecule has 1 heterocycles. The SMILES string of the molecule is COCCCN(CC(=O)N(Cc1ccccc1)Cc1sccc1C)C(=O)C1CC1. The molecule has 3 rings (SSSR count). The second-order valence-electron chi connectivity index (χ2n) is 7.64. The standard InChI is InChI=1S/C23H30N2O3S/c1-18-11-14-29-21(18)16-25(15-19-7-4-3-5-8-19)22(26)17-24(12-6-13-28-2)23(27)20-9-10-20/h3-5,7-8,11,14,20H,6,9-10,12-13,15-17H2,1-2H3. The second kappa shape index (κ2) is 10.6. The zero-order chi connectivity index (χ0) is 20.6. The lowest BCUT2D eigenvalue weighted by Crippen LogP contribution is -2.43. The average Bonchev–Trinajstić information content (AvgIpc) is 3.50. The summed E-state index contributed by atoms with van der Waals surface area (Å²) in [5.74, 6) is 0.210. The van der Waals surface area contributed by atoms with Crippen LogP contribution in [0.1, 0.15) is 35.3 Å². The molecule has 29 heavy (non-hydrogen) atoms. The van der Waals surface area contributed by atoms with E-state index < -0.39 is 0 Å². The Morgan fingerprint density at radius 2 is 1.86 bits per heavy atom. The fraction of sp³-hybridized carbons (Fsp3) is 0.478. The van der Waals surface area contributed by atoms with Crippen molar-refractivity contribution in [2.24, 2.45) is 5.92 Å². The molecule has 1 saturated carbocycles. The normalized spacial score (nSPS) is 13.3. The predicted octanol–water partition coefficient (Wildman–Crippen LogP) is 3.86. The number of benzene rings is 1. The highest BCUT2D eigenvalue weighted by atomic mass is 32.1. The molecule has 1 fully saturated rings. The summed E-state index contributed by atoms with van der Waals surface area (Å²) in [6.07, 6.45) is 2.62. The molecule has 6 heteroatoms. The lowest BCUT2D eigenvalue weighted by atomic mass is 10.2. The van der Waals surface area contributed by atoms with Crippen molar-refractivity contribution in [2.75, 3.05) is 26.8 Å². The first-order valence-corrected chi connectivity index (χ1v) is 11.1. The molecule has 0 atom stereocenters. The fourth-order valence-corrected chi connectivity index (χ4v) is 4.21. The van der Waals surface area contributed by atoms with Crippen molar-refractivity contribution in [3.8, 4) is 0 Å². The molecule has 0 radical (unpaired) electrons. The maximum absolute atomic E-state index is 13.3. The molecule has 2 amide bonds. The molecule has 1 aliphatic rings. The molecule has 1 aliphatic carbocycles. The lowest BCUT2D eigenvalue weighted by molar-refractivity contribution is -0.142. The van der Waals surface area contributed by atoms with E-state index in [0.29, 0.717) is 26.2 Å². The van der Waals surface area contributed by atoms with Crippen LogP contribution in [0, 0.1) is 12.8 Å². The van der Waals surface area contributed by atoms with Gasteiger partial charge in [-0.2, -0.15) is 0 Å². The van der Waals surface area contributed by atoms with E-state index >= 15 is 0 Å². The van der Waals surface area contributed by atoms with Gasteiger partial charge in [-0.25, -0.2) is 0 Å². The van der Waals surface area contributed by atoms with Gasteiger partial charge in [0.15, 0.2) is 0 Å². The van der Waals surface area contributed by atoms with E-state index in [9.17, 15) is 9.59 Å². The Kier molecular flexibility index (Phi) is 7.83. The maximum Gasteiger partial charge on any atom is 0.242 e. The van der Waals surface area contributed by atoms with Crippen molar-refractivity contribution in [2.45, 2.75) is 39.3 Å². The number of ether oxygens (including phenoxy) is 1. The lowest BCUT2D eigenvalue weighted by Gasteiger charge is -2.28. The minimum atomic E-state index is -0.00642. The summed E-state index contributed by atoms with van der Waals surface area (Å²) in [5.41, 5.74) is 2.29. The third-order valence-corrected chi connectivity index (χ3v) is 6.22. The van der Waals surface area contributed by atoms with Crippen LogP contribution in [0.3, 0.4) is 0 Å². The Morgan fingerprint density at radius 3 is 2.48 bits per heavy atom. The maximum atomic E-state index is 13.3. The van der Waals surface area contributed by atoms with Gasteiger partial charge in [0.05, 0.1) is 13.1 Å². The molecule has 156 valence electrons. The van der Waals surface area contributed by atoms with E-state index in [2.05, 4.69) is 18.4 Å². The number of amides is 2. The van der Waals surface area contributed by atoms with Gasteiger partial charge >= 0.3 is 0 Å². The molecule has 0 N–H and O–H groups in total. The molecule has 0 bridgehead atoms. The number of carbonyl (C=O) groups excluding carboxylic acids is 2. The van der Waals surface area contributed by atoms with E-state index in [-0.39, 0.29) is 24.3 Å². The van der Waals surface area contributed by atoms with Crippen LogP contribution in [0.25, 0.3) is 0 Å². The van der Waals surface area contributed by atoms with Crippen molar-refractivity contribution < 1.29 is 14.3 Å². The van der Waals surface area contributed by atoms with Gasteiger partial charge in [-0.1, -0.05) is 30.3 Å². The van der Waals surface area contributed by atoms with Crippen LogP contribution in [0.5, 0.6) is 0 Å². The third-order valence-electron chi connectivity index (χ3n) is 5.21. The van der Waals surface area contributed by atoms with Gasteiger partial charge in [0.25, 0.3) is 0 Å². The van der Waals surface area contributed by atoms with Gasteiger partial charge in [-0.3, -0.25) is 9.59 Å². The van der Waals surface area contributed by atoms with Gasteiger partial charge in [0.1, 0.15) is 0 Å². The molecule has 0 unspecified atom stereocenters. The van der Waals surface area contributed by atoms with Gasteiger partial charge < -0.3 is 14.5 Å². The number of hydrogen-bond acceptors (Lipinski definition) is 4. The van der Waals surface area contributed by atoms with E-state index in [0.717, 1.165) is 24.8 Å². The first kappa shape index (κ1) is 21.5. The predicted molar refractivity (Wildman–Crippen MR) is 116 cm³/mol. The summed E-state index contributed by atoms with van der Waals surface area (Å²) in [4.78, 5) is 30.8. The number of aryl methyl sites for hydroxylation is 1. The van der Waals surface area contributed by atoms with Crippen molar-refractivity contribution >= 4 is 23.2 Å². The van der Waals surface area contributed by atoms with Gasteiger partial charge in [-0.15, -0.1) is 11.3 Å². The minimum absolute atomic E-state index is 0.00642. The van der Waals surface area contributed by atoms with Crippen LogP contribution in [0.2, 0.25) is 0 Å². The highest BCUT2D eigenvalue weighted by Gasteiger charge is 2.34. The smallest absolute Gasteiger partial charge is 0.242 e. The molecule has 2 aromatic rings. The van der Waals surface area contributed by atoms with Gasteiger partial charge in [0.2, 0.25) is 11.8 Å². The summed E-state index contributed by atoms with van der Waals surface area (Å²) >= 11 is 1.67. The molecule has 0 spiro atoms. The van der Waals surface area contributed by atoms with E-state index in [4.69, 9.17) is 4.74 Å². The molecule has 5 nitrogen and oxygen atoms in total. The number of hydrogen-bond donors (Lipinski definition) is 0. The van der Waals surface area contributed by atoms with Crippen LogP contribution in [0.4, 0.5) is 0 Å². The topological polar surface area (TPSA) is 49.9 Å². The fourth-order valence-electron chi connectivity index (χ4n) is 3.29. The zero-order valence-corrected chi connectivity index (χ0v) is 18.1. The van der Waals surface area contributed by atoms with E-state index in [1.54, 1.807) is 23.3 Å². The highest BCUT2D eigenvalue weighted by Crippen LogP contribution is 2.31. The third kappa shape index (κ3) is 6.41. The molecular formula is C23H30N2O3S. The largest absolute Gasteiger partial charge is 0.385 e. The van der Waals surface area contributed by atoms with Crippen molar-refractivity contribution in [1.29, 1.82) is 0 Å². The molecule has 0 aliphatic heterocycles. The number of thiophene rings is 1. The average molecular weight is 415 g/mol. The van der Waals surface area contributed by atoms with Crippen molar-refractivity contribution in [1.82, 2.24) is 9.80 Å². The number of methoxy groups -OCH3 is 1. The summed E-state index contributed by atoms with van der Waals surface area (Å²) < 4.78 is 5.13. The summed E-state index contributed by atoms with van der Waals surface area (Å²) in [6.45, 7) is 4.47. The molecule has 1 aromatic heterocycles. The zero-order valence-electron chi connectivity index (χ0n) is 17.3. The van der Waals surface area contributed by atoms with Crippen molar-refractivity contribution in [3.63, 3.8) is 0 Å². The van der Waals surface area contributed by atoms with E-state index in [1.165, 1.54) is 10.4 Å². The highest BCUT2D eigenvalue weighted by molar-refractivity contribution is 7.10. The number of nitrogens with zero attached hydrogens (tertiary/aromatic N) is 2. The van der Waals surface area contributed by atoms with Crippen LogP contribution in [-0.4, -0.2) is 48.4 Å². The van der Waals surface area contributed by atoms with Crippen LogP contribution in [0.15, 0.2) is 41.8 Å². The number of rotatable bonds is 11. The van der Waals surface area contributed by atoms with Crippen LogP contribution >= 0.6 is 11.3 Å². The van der Waals surface area contributed by atoms with Crippen molar-refractivity contribution in [3.05, 3.63) is 57.8 Å². The summed E-state index contributed by atoms with van der Waals surface area (Å²) in [5, 5.41) is 2.06. The molecular weight excluding hydrogens is 384 g/mol. The van der Waals surface area contributed by atoms with E-state index in [1.807, 2.05) is 35.2 Å². The second-order valence-corrected chi connectivity index (χ2v) is 8.64. The Bertz CT molecular complexity index is 801. The first-order chi connectivity index (χ1) is 14.1. The quantitative estimate of drug-likeness (QED) is 0.525. The Hall–Kier alpha value is -2.18. The number of carbonyl (C=O) groups is 2. The van der Waals surface area contributed by atoms with Crippen LogP contribution in [-0.2, 0) is 27.4 Å². The van der Waals surface area contributed by atoms with Crippen LogP contribution < -0.4 is 0 Å².